The van der Waals surface area contributed by atoms with Crippen molar-refractivity contribution >= 4 is 15.9 Å². The van der Waals surface area contributed by atoms with Crippen LogP contribution >= 0.6 is 15.9 Å². The van der Waals surface area contributed by atoms with Gasteiger partial charge in [-0.1, -0.05) is 22.0 Å². The van der Waals surface area contributed by atoms with Crippen LogP contribution in [0.1, 0.15) is 11.3 Å². The predicted molar refractivity (Wildman–Crippen MR) is 44.4 cm³/mol. The lowest BCUT2D eigenvalue weighted by atomic mass is 10.2. The van der Waals surface area contributed by atoms with Crippen LogP contribution in [0.15, 0.2) is 16.9 Å². The van der Waals surface area contributed by atoms with E-state index in [1.165, 1.54) is 6.07 Å². The summed E-state index contributed by atoms with van der Waals surface area (Å²) >= 11 is 3.31. The molecule has 0 fully saturated rings. The second-order valence-corrected chi connectivity index (χ2v) is 2.67. The van der Waals surface area contributed by atoms with E-state index < -0.39 is 0 Å². The van der Waals surface area contributed by atoms with Crippen LogP contribution < -0.4 is 5.56 Å². The van der Waals surface area contributed by atoms with Gasteiger partial charge < -0.3 is 4.98 Å². The molecule has 0 spiro atoms. The number of rotatable bonds is 1. The Balaban J connectivity index is 3.19. The lowest BCUT2D eigenvalue weighted by Crippen LogP contribution is -2.06. The van der Waals surface area contributed by atoms with E-state index in [9.17, 15) is 4.79 Å². The maximum absolute atomic E-state index is 10.7. The SMILES string of the molecule is Cc1[nH]c(=O)ccc1CBr. The van der Waals surface area contributed by atoms with Crippen molar-refractivity contribution in [3.05, 3.63) is 33.7 Å². The number of pyridine rings is 1. The van der Waals surface area contributed by atoms with Gasteiger partial charge in [0, 0.05) is 17.1 Å². The summed E-state index contributed by atoms with van der Waals surface area (Å²) in [6, 6.07) is 3.35. The number of hydrogen-bond donors (Lipinski definition) is 1. The van der Waals surface area contributed by atoms with Crippen LogP contribution in [0.3, 0.4) is 0 Å². The molecular formula is C7H8BrNO. The fourth-order valence-electron chi connectivity index (χ4n) is 0.753. The van der Waals surface area contributed by atoms with Crippen molar-refractivity contribution in [2.45, 2.75) is 12.3 Å². The number of aryl methyl sites for hydroxylation is 1. The smallest absolute Gasteiger partial charge is 0.248 e. The molecule has 1 N–H and O–H groups in total. The van der Waals surface area contributed by atoms with Gasteiger partial charge in [-0.3, -0.25) is 4.79 Å². The molecule has 3 heteroatoms. The van der Waals surface area contributed by atoms with Crippen LogP contribution in [0.4, 0.5) is 0 Å². The van der Waals surface area contributed by atoms with Gasteiger partial charge in [0.25, 0.3) is 0 Å². The highest BCUT2D eigenvalue weighted by Gasteiger charge is 1.94. The first kappa shape index (κ1) is 7.54. The highest BCUT2D eigenvalue weighted by molar-refractivity contribution is 9.08. The zero-order valence-corrected chi connectivity index (χ0v) is 7.23. The summed E-state index contributed by atoms with van der Waals surface area (Å²) in [6.07, 6.45) is 0. The van der Waals surface area contributed by atoms with Gasteiger partial charge in [-0.25, -0.2) is 0 Å². The Bertz CT molecular complexity index is 279. The van der Waals surface area contributed by atoms with Crippen molar-refractivity contribution in [2.24, 2.45) is 0 Å². The highest BCUT2D eigenvalue weighted by Crippen LogP contribution is 2.05. The standard InChI is InChI=1S/C7H8BrNO/c1-5-6(4-8)2-3-7(10)9-5/h2-3H,4H2,1H3,(H,9,10). The lowest BCUT2D eigenvalue weighted by Gasteiger charge is -1.97. The van der Waals surface area contributed by atoms with E-state index in [1.807, 2.05) is 13.0 Å². The predicted octanol–water partition coefficient (Wildman–Crippen LogP) is 1.58. The number of halogens is 1. The fourth-order valence-corrected chi connectivity index (χ4v) is 1.36. The minimum atomic E-state index is -0.0396. The molecule has 0 aliphatic carbocycles. The molecule has 1 aromatic heterocycles. The first-order chi connectivity index (χ1) is 4.74. The summed E-state index contributed by atoms with van der Waals surface area (Å²) < 4.78 is 0. The Morgan fingerprint density at radius 3 is 2.80 bits per heavy atom. The second kappa shape index (κ2) is 3.01. The van der Waals surface area contributed by atoms with Crippen LogP contribution in [-0.2, 0) is 5.33 Å². The van der Waals surface area contributed by atoms with Crippen LogP contribution in [0.5, 0.6) is 0 Å². The second-order valence-electron chi connectivity index (χ2n) is 2.11. The van der Waals surface area contributed by atoms with Gasteiger partial charge in [-0.05, 0) is 12.5 Å². The normalized spacial score (nSPS) is 9.80. The first-order valence-electron chi connectivity index (χ1n) is 2.99. The van der Waals surface area contributed by atoms with Crippen molar-refractivity contribution in [2.75, 3.05) is 0 Å². The average Bonchev–Trinajstić information content (AvgIpc) is 1.88. The molecule has 0 aliphatic heterocycles. The maximum atomic E-state index is 10.7. The van der Waals surface area contributed by atoms with E-state index in [0.717, 1.165) is 16.6 Å². The Morgan fingerprint density at radius 1 is 1.60 bits per heavy atom. The summed E-state index contributed by atoms with van der Waals surface area (Å²) in [5.74, 6) is 0. The van der Waals surface area contributed by atoms with Gasteiger partial charge in [-0.2, -0.15) is 0 Å². The van der Waals surface area contributed by atoms with Crippen LogP contribution in [0, 0.1) is 6.92 Å². The maximum Gasteiger partial charge on any atom is 0.248 e. The summed E-state index contributed by atoms with van der Waals surface area (Å²) in [5, 5.41) is 0.787. The average molecular weight is 202 g/mol. The van der Waals surface area contributed by atoms with Crippen molar-refractivity contribution in [1.29, 1.82) is 0 Å². The van der Waals surface area contributed by atoms with E-state index >= 15 is 0 Å². The molecule has 0 amide bonds. The Labute approximate surface area is 67.4 Å². The summed E-state index contributed by atoms with van der Waals surface area (Å²) in [4.78, 5) is 13.4. The number of hydrogen-bond acceptors (Lipinski definition) is 1. The monoisotopic (exact) mass is 201 g/mol. The molecule has 0 bridgehead atoms. The van der Waals surface area contributed by atoms with Gasteiger partial charge in [-0.15, -0.1) is 0 Å². The topological polar surface area (TPSA) is 32.9 Å². The van der Waals surface area contributed by atoms with Crippen molar-refractivity contribution in [3.8, 4) is 0 Å². The third-order valence-electron chi connectivity index (χ3n) is 1.37. The van der Waals surface area contributed by atoms with Crippen molar-refractivity contribution in [3.63, 3.8) is 0 Å². The molecule has 0 saturated carbocycles. The molecule has 2 nitrogen and oxygen atoms in total. The molecule has 10 heavy (non-hydrogen) atoms. The summed E-state index contributed by atoms with van der Waals surface area (Å²) in [7, 11) is 0. The molecule has 1 aromatic rings. The summed E-state index contributed by atoms with van der Waals surface area (Å²) in [6.45, 7) is 1.89. The van der Waals surface area contributed by atoms with Gasteiger partial charge in [0.1, 0.15) is 0 Å². The number of aromatic nitrogens is 1. The first-order valence-corrected chi connectivity index (χ1v) is 4.11. The number of nitrogens with one attached hydrogen (secondary N) is 1. The van der Waals surface area contributed by atoms with E-state index in [1.54, 1.807) is 0 Å². The molecule has 0 radical (unpaired) electrons. The molecule has 0 aliphatic rings. The highest BCUT2D eigenvalue weighted by atomic mass is 79.9. The molecule has 0 unspecified atom stereocenters. The zero-order chi connectivity index (χ0) is 7.56. The van der Waals surface area contributed by atoms with E-state index in [-0.39, 0.29) is 5.56 Å². The van der Waals surface area contributed by atoms with Crippen molar-refractivity contribution in [1.82, 2.24) is 4.98 Å². The Hall–Kier alpha value is -0.570. The minimum absolute atomic E-state index is 0.0396. The van der Waals surface area contributed by atoms with E-state index in [2.05, 4.69) is 20.9 Å². The quantitative estimate of drug-likeness (QED) is 0.689. The van der Waals surface area contributed by atoms with E-state index in [0.29, 0.717) is 0 Å². The summed E-state index contributed by atoms with van der Waals surface area (Å²) in [5.41, 5.74) is 2.02. The number of H-pyrrole nitrogens is 1. The third-order valence-corrected chi connectivity index (χ3v) is 1.98. The Morgan fingerprint density at radius 2 is 2.30 bits per heavy atom. The number of aromatic amines is 1. The molecular weight excluding hydrogens is 194 g/mol. The zero-order valence-electron chi connectivity index (χ0n) is 5.65. The minimum Gasteiger partial charge on any atom is -0.326 e. The van der Waals surface area contributed by atoms with Crippen LogP contribution in [0.2, 0.25) is 0 Å². The largest absolute Gasteiger partial charge is 0.326 e. The van der Waals surface area contributed by atoms with Gasteiger partial charge in [0.2, 0.25) is 5.56 Å². The van der Waals surface area contributed by atoms with Gasteiger partial charge in [0.05, 0.1) is 0 Å². The van der Waals surface area contributed by atoms with Crippen LogP contribution in [-0.4, -0.2) is 4.98 Å². The lowest BCUT2D eigenvalue weighted by molar-refractivity contribution is 1.10. The molecule has 1 heterocycles. The van der Waals surface area contributed by atoms with Gasteiger partial charge in [0.15, 0.2) is 0 Å². The molecule has 1 rings (SSSR count). The van der Waals surface area contributed by atoms with Gasteiger partial charge >= 0.3 is 0 Å². The molecule has 54 valence electrons. The third kappa shape index (κ3) is 1.48. The molecule has 0 aromatic carbocycles. The molecule has 0 atom stereocenters. The van der Waals surface area contributed by atoms with Crippen molar-refractivity contribution < 1.29 is 0 Å². The Kier molecular flexibility index (Phi) is 2.27. The molecule has 0 saturated heterocycles. The van der Waals surface area contributed by atoms with Crippen LogP contribution in [0.25, 0.3) is 0 Å². The fraction of sp³-hybridized carbons (Fsp3) is 0.286. The van der Waals surface area contributed by atoms with E-state index in [4.69, 9.17) is 0 Å². The number of alkyl halides is 1.